The van der Waals surface area contributed by atoms with Crippen molar-refractivity contribution in [2.24, 2.45) is 0 Å². The van der Waals surface area contributed by atoms with Crippen LogP contribution in [0, 0.1) is 0 Å². The molecule has 3 rings (SSSR count). The lowest BCUT2D eigenvalue weighted by atomic mass is 10.2. The van der Waals surface area contributed by atoms with Crippen LogP contribution < -0.4 is 16.2 Å². The minimum absolute atomic E-state index is 0.185. The van der Waals surface area contributed by atoms with E-state index in [1.807, 2.05) is 49.4 Å². The average Bonchev–Trinajstić information content (AvgIpc) is 2.75. The van der Waals surface area contributed by atoms with Crippen molar-refractivity contribution in [3.8, 4) is 0 Å². The van der Waals surface area contributed by atoms with E-state index in [4.69, 9.17) is 0 Å². The van der Waals surface area contributed by atoms with E-state index in [0.717, 1.165) is 11.3 Å². The Bertz CT molecular complexity index is 1030. The molecule has 2 heterocycles. The van der Waals surface area contributed by atoms with Crippen LogP contribution in [0.2, 0.25) is 0 Å². The highest BCUT2D eigenvalue weighted by molar-refractivity contribution is 5.93. The molecule has 0 saturated heterocycles. The van der Waals surface area contributed by atoms with E-state index in [2.05, 4.69) is 15.6 Å². The van der Waals surface area contributed by atoms with Gasteiger partial charge in [-0.3, -0.25) is 19.4 Å². The smallest absolute Gasteiger partial charge is 0.253 e. The van der Waals surface area contributed by atoms with E-state index in [9.17, 15) is 14.4 Å². The summed E-state index contributed by atoms with van der Waals surface area (Å²) < 4.78 is 1.22. The molecule has 0 unspecified atom stereocenters. The summed E-state index contributed by atoms with van der Waals surface area (Å²) >= 11 is 0. The first-order chi connectivity index (χ1) is 14.0. The SMILES string of the molecule is C[C@@H](NC(=O)Cn1cc(C(=O)NCc2ccccc2)ccc1=O)c1ccccn1. The topological polar surface area (TPSA) is 93.1 Å². The van der Waals surface area contributed by atoms with Crippen LogP contribution >= 0.6 is 0 Å². The molecule has 2 N–H and O–H groups in total. The summed E-state index contributed by atoms with van der Waals surface area (Å²) in [5, 5.41) is 5.61. The van der Waals surface area contributed by atoms with Gasteiger partial charge in [-0.15, -0.1) is 0 Å². The van der Waals surface area contributed by atoms with Crippen molar-refractivity contribution in [3.05, 3.63) is 100 Å². The predicted octanol–water partition coefficient (Wildman–Crippen LogP) is 2.05. The molecule has 1 aromatic carbocycles. The molecule has 1 atom stereocenters. The van der Waals surface area contributed by atoms with Gasteiger partial charge >= 0.3 is 0 Å². The van der Waals surface area contributed by atoms with Crippen LogP contribution in [0.1, 0.15) is 34.6 Å². The number of nitrogens with one attached hydrogen (secondary N) is 2. The van der Waals surface area contributed by atoms with Gasteiger partial charge in [-0.25, -0.2) is 0 Å². The Balaban J connectivity index is 1.63. The van der Waals surface area contributed by atoms with Crippen LogP contribution in [0.3, 0.4) is 0 Å². The molecule has 2 aromatic heterocycles. The van der Waals surface area contributed by atoms with Crippen molar-refractivity contribution in [3.63, 3.8) is 0 Å². The van der Waals surface area contributed by atoms with Crippen molar-refractivity contribution in [2.75, 3.05) is 0 Å². The van der Waals surface area contributed by atoms with Gasteiger partial charge in [0.1, 0.15) is 6.54 Å². The summed E-state index contributed by atoms with van der Waals surface area (Å²) in [7, 11) is 0. The number of hydrogen-bond donors (Lipinski definition) is 2. The first-order valence-electron chi connectivity index (χ1n) is 9.26. The number of benzene rings is 1. The van der Waals surface area contributed by atoms with Crippen LogP contribution in [0.4, 0.5) is 0 Å². The normalized spacial score (nSPS) is 11.5. The van der Waals surface area contributed by atoms with Gasteiger partial charge in [-0.05, 0) is 30.7 Å². The van der Waals surface area contributed by atoms with Crippen LogP contribution in [0.15, 0.2) is 77.9 Å². The lowest BCUT2D eigenvalue weighted by Gasteiger charge is -2.14. The Labute approximate surface area is 168 Å². The zero-order valence-electron chi connectivity index (χ0n) is 16.0. The van der Waals surface area contributed by atoms with Crippen LogP contribution in [0.5, 0.6) is 0 Å². The minimum Gasteiger partial charge on any atom is -0.348 e. The third-order valence-electron chi connectivity index (χ3n) is 4.36. The summed E-state index contributed by atoms with van der Waals surface area (Å²) in [4.78, 5) is 41.0. The fourth-order valence-electron chi connectivity index (χ4n) is 2.82. The molecular weight excluding hydrogens is 368 g/mol. The largest absolute Gasteiger partial charge is 0.348 e. The maximum Gasteiger partial charge on any atom is 0.253 e. The second kappa shape index (κ2) is 9.45. The second-order valence-electron chi connectivity index (χ2n) is 6.60. The third kappa shape index (κ3) is 5.62. The maximum atomic E-state index is 12.4. The summed E-state index contributed by atoms with van der Waals surface area (Å²) in [5.74, 6) is -0.656. The molecule has 3 aromatic rings. The molecule has 0 aliphatic rings. The Morgan fingerprint density at radius 2 is 1.79 bits per heavy atom. The lowest BCUT2D eigenvalue weighted by Crippen LogP contribution is -2.34. The van der Waals surface area contributed by atoms with E-state index >= 15 is 0 Å². The zero-order chi connectivity index (χ0) is 20.6. The molecule has 7 nitrogen and oxygen atoms in total. The van der Waals surface area contributed by atoms with Crippen molar-refractivity contribution in [1.82, 2.24) is 20.2 Å². The lowest BCUT2D eigenvalue weighted by molar-refractivity contribution is -0.122. The number of rotatable bonds is 7. The molecule has 29 heavy (non-hydrogen) atoms. The number of hydrogen-bond acceptors (Lipinski definition) is 4. The van der Waals surface area contributed by atoms with Crippen LogP contribution in [-0.2, 0) is 17.9 Å². The summed E-state index contributed by atoms with van der Waals surface area (Å²) in [6.45, 7) is 2.01. The summed E-state index contributed by atoms with van der Waals surface area (Å²) in [5.41, 5.74) is 1.65. The molecule has 0 aliphatic carbocycles. The van der Waals surface area contributed by atoms with Crippen molar-refractivity contribution < 1.29 is 9.59 Å². The quantitative estimate of drug-likeness (QED) is 0.646. The van der Waals surface area contributed by atoms with Gasteiger partial charge in [0.05, 0.1) is 17.3 Å². The minimum atomic E-state index is -0.356. The fourth-order valence-corrected chi connectivity index (χ4v) is 2.82. The van der Waals surface area contributed by atoms with Gasteiger partial charge in [0.15, 0.2) is 0 Å². The molecule has 0 aliphatic heterocycles. The van der Waals surface area contributed by atoms with Crippen molar-refractivity contribution in [2.45, 2.75) is 26.1 Å². The molecule has 7 heteroatoms. The van der Waals surface area contributed by atoms with E-state index in [-0.39, 0.29) is 30.0 Å². The van der Waals surface area contributed by atoms with E-state index in [0.29, 0.717) is 12.1 Å². The van der Waals surface area contributed by atoms with Gasteiger partial charge in [0.25, 0.3) is 11.5 Å². The summed E-state index contributed by atoms with van der Waals surface area (Å²) in [6.07, 6.45) is 3.05. The number of pyridine rings is 2. The van der Waals surface area contributed by atoms with E-state index in [1.165, 1.54) is 22.9 Å². The van der Waals surface area contributed by atoms with E-state index in [1.54, 1.807) is 12.3 Å². The van der Waals surface area contributed by atoms with Gasteiger partial charge in [-0.1, -0.05) is 36.4 Å². The van der Waals surface area contributed by atoms with Gasteiger partial charge in [-0.2, -0.15) is 0 Å². The molecule has 0 saturated carbocycles. The monoisotopic (exact) mass is 390 g/mol. The molecule has 148 valence electrons. The fraction of sp³-hybridized carbons (Fsp3) is 0.182. The van der Waals surface area contributed by atoms with E-state index < -0.39 is 0 Å². The van der Waals surface area contributed by atoms with Crippen LogP contribution in [-0.4, -0.2) is 21.4 Å². The number of amides is 2. The first-order valence-corrected chi connectivity index (χ1v) is 9.26. The van der Waals surface area contributed by atoms with Crippen molar-refractivity contribution in [1.29, 1.82) is 0 Å². The zero-order valence-corrected chi connectivity index (χ0v) is 16.0. The van der Waals surface area contributed by atoms with Crippen molar-refractivity contribution >= 4 is 11.8 Å². The highest BCUT2D eigenvalue weighted by Gasteiger charge is 2.13. The Morgan fingerprint density at radius 1 is 1.03 bits per heavy atom. The number of aromatic nitrogens is 2. The van der Waals surface area contributed by atoms with Gasteiger partial charge < -0.3 is 15.2 Å². The number of carbonyl (C=O) groups is 2. The first kappa shape index (κ1) is 20.0. The average molecular weight is 390 g/mol. The molecule has 0 fully saturated rings. The Hall–Kier alpha value is -3.74. The molecule has 0 spiro atoms. The third-order valence-corrected chi connectivity index (χ3v) is 4.36. The predicted molar refractivity (Wildman–Crippen MR) is 109 cm³/mol. The second-order valence-corrected chi connectivity index (χ2v) is 6.60. The standard InChI is InChI=1S/C22H22N4O3/c1-16(19-9-5-6-12-23-19)25-20(27)15-26-14-18(10-11-21(26)28)22(29)24-13-17-7-3-2-4-8-17/h2-12,14,16H,13,15H2,1H3,(H,24,29)(H,25,27)/t16-/m1/s1. The molecule has 2 amide bonds. The molecule has 0 radical (unpaired) electrons. The van der Waals surface area contributed by atoms with Gasteiger partial charge in [0, 0.05) is 25.0 Å². The number of carbonyl (C=O) groups excluding carboxylic acids is 2. The van der Waals surface area contributed by atoms with Crippen LogP contribution in [0.25, 0.3) is 0 Å². The highest BCUT2D eigenvalue weighted by atomic mass is 16.2. The maximum absolute atomic E-state index is 12.4. The van der Waals surface area contributed by atoms with Gasteiger partial charge in [0.2, 0.25) is 5.91 Å². The molecule has 0 bridgehead atoms. The summed E-state index contributed by atoms with van der Waals surface area (Å²) in [6, 6.07) is 17.4. The highest BCUT2D eigenvalue weighted by Crippen LogP contribution is 2.07. The number of nitrogens with zero attached hydrogens (tertiary/aromatic N) is 2. The Morgan fingerprint density at radius 3 is 2.52 bits per heavy atom. The molecular formula is C22H22N4O3. The Kier molecular flexibility index (Phi) is 6.52.